The Morgan fingerprint density at radius 2 is 2.16 bits per heavy atom. The Balaban J connectivity index is 2.88. The first-order chi connectivity index (χ1) is 8.88. The molecule has 1 aromatic rings. The van der Waals surface area contributed by atoms with Crippen LogP contribution in [0.3, 0.4) is 0 Å². The molecule has 0 saturated carbocycles. The maximum atomic E-state index is 12.0. The highest BCUT2D eigenvalue weighted by Gasteiger charge is 2.14. The van der Waals surface area contributed by atoms with Gasteiger partial charge in [-0.2, -0.15) is 0 Å². The van der Waals surface area contributed by atoms with Gasteiger partial charge in [0.2, 0.25) is 10.0 Å². The van der Waals surface area contributed by atoms with Gasteiger partial charge in [-0.3, -0.25) is 4.79 Å². The Labute approximate surface area is 113 Å². The lowest BCUT2D eigenvalue weighted by Gasteiger charge is -2.16. The van der Waals surface area contributed by atoms with Crippen molar-refractivity contribution in [2.45, 2.75) is 24.3 Å². The van der Waals surface area contributed by atoms with E-state index in [1.54, 1.807) is 7.11 Å². The number of nitrogens with two attached hydrogens (primary N) is 1. The van der Waals surface area contributed by atoms with Crippen LogP contribution in [-0.2, 0) is 14.8 Å². The lowest BCUT2D eigenvalue weighted by molar-refractivity contribution is 0.0894. The zero-order chi connectivity index (χ0) is 14.5. The Bertz CT molecular complexity index is 542. The Morgan fingerprint density at radius 1 is 1.47 bits per heavy atom. The molecule has 106 valence electrons. The summed E-state index contributed by atoms with van der Waals surface area (Å²) in [5.74, 6) is -0.352. The standard InChI is InChI=1S/C12H18N2O4S/c1-3-10(8-18-2)14-12(15)9-5-4-6-11(7-9)19(13,16)17/h4-7,10H,3,8H2,1-2H3,(H,14,15)(H2,13,16,17). The molecule has 6 nitrogen and oxygen atoms in total. The number of benzene rings is 1. The predicted molar refractivity (Wildman–Crippen MR) is 71.2 cm³/mol. The van der Waals surface area contributed by atoms with Crippen molar-refractivity contribution in [2.24, 2.45) is 5.14 Å². The van der Waals surface area contributed by atoms with Crippen LogP contribution in [0.15, 0.2) is 29.2 Å². The molecule has 0 aliphatic rings. The number of carbonyl (C=O) groups is 1. The Kier molecular flexibility index (Phi) is 5.46. The fourth-order valence-corrected chi connectivity index (χ4v) is 2.11. The van der Waals surface area contributed by atoms with E-state index in [4.69, 9.17) is 9.88 Å². The van der Waals surface area contributed by atoms with Crippen LogP contribution in [0.25, 0.3) is 0 Å². The van der Waals surface area contributed by atoms with Crippen molar-refractivity contribution in [3.63, 3.8) is 0 Å². The Morgan fingerprint density at radius 3 is 2.68 bits per heavy atom. The summed E-state index contributed by atoms with van der Waals surface area (Å²) in [6, 6.07) is 5.49. The van der Waals surface area contributed by atoms with Crippen molar-refractivity contribution in [2.75, 3.05) is 13.7 Å². The largest absolute Gasteiger partial charge is 0.383 e. The van der Waals surface area contributed by atoms with Crippen molar-refractivity contribution < 1.29 is 17.9 Å². The average Bonchev–Trinajstić information content (AvgIpc) is 2.37. The number of ether oxygens (including phenoxy) is 1. The van der Waals surface area contributed by atoms with Crippen molar-refractivity contribution in [3.8, 4) is 0 Å². The topological polar surface area (TPSA) is 98.5 Å². The van der Waals surface area contributed by atoms with Crippen molar-refractivity contribution in [1.82, 2.24) is 5.32 Å². The van der Waals surface area contributed by atoms with Gasteiger partial charge in [-0.15, -0.1) is 0 Å². The van der Waals surface area contributed by atoms with Crippen LogP contribution in [0.1, 0.15) is 23.7 Å². The molecule has 0 aliphatic heterocycles. The van der Waals surface area contributed by atoms with Crippen LogP contribution >= 0.6 is 0 Å². The third-order valence-electron chi connectivity index (χ3n) is 2.62. The monoisotopic (exact) mass is 286 g/mol. The summed E-state index contributed by atoms with van der Waals surface area (Å²) in [5, 5.41) is 7.78. The highest BCUT2D eigenvalue weighted by molar-refractivity contribution is 7.89. The minimum atomic E-state index is -3.81. The maximum Gasteiger partial charge on any atom is 0.251 e. The first-order valence-corrected chi connectivity index (χ1v) is 7.35. The van der Waals surface area contributed by atoms with Crippen LogP contribution in [0.2, 0.25) is 0 Å². The number of rotatable bonds is 6. The molecule has 1 atom stereocenters. The maximum absolute atomic E-state index is 12.0. The first-order valence-electron chi connectivity index (χ1n) is 5.81. The quantitative estimate of drug-likeness (QED) is 0.795. The molecular formula is C12H18N2O4S. The average molecular weight is 286 g/mol. The van der Waals surface area contributed by atoms with Crippen molar-refractivity contribution >= 4 is 15.9 Å². The van der Waals surface area contributed by atoms with Crippen LogP contribution < -0.4 is 10.5 Å². The van der Waals surface area contributed by atoms with Gasteiger partial charge < -0.3 is 10.1 Å². The summed E-state index contributed by atoms with van der Waals surface area (Å²) in [6.45, 7) is 2.32. The third-order valence-corrected chi connectivity index (χ3v) is 3.53. The lowest BCUT2D eigenvalue weighted by atomic mass is 10.2. The van der Waals surface area contributed by atoms with Gasteiger partial charge in [-0.25, -0.2) is 13.6 Å². The van der Waals surface area contributed by atoms with E-state index in [1.165, 1.54) is 24.3 Å². The van der Waals surface area contributed by atoms with Gasteiger partial charge >= 0.3 is 0 Å². The summed E-state index contributed by atoms with van der Waals surface area (Å²) in [7, 11) is -2.26. The molecule has 1 rings (SSSR count). The second-order valence-corrected chi connectivity index (χ2v) is 5.67. The molecule has 0 saturated heterocycles. The zero-order valence-corrected chi connectivity index (χ0v) is 11.7. The molecule has 0 heterocycles. The number of carbonyl (C=O) groups excluding carboxylic acids is 1. The fraction of sp³-hybridized carbons (Fsp3) is 0.417. The Hall–Kier alpha value is -1.44. The van der Waals surface area contributed by atoms with E-state index in [0.29, 0.717) is 13.0 Å². The molecule has 19 heavy (non-hydrogen) atoms. The molecule has 7 heteroatoms. The number of hydrogen-bond donors (Lipinski definition) is 2. The van der Waals surface area contributed by atoms with E-state index in [2.05, 4.69) is 5.32 Å². The highest BCUT2D eigenvalue weighted by Crippen LogP contribution is 2.10. The molecule has 3 N–H and O–H groups in total. The van der Waals surface area contributed by atoms with E-state index < -0.39 is 10.0 Å². The third kappa shape index (κ3) is 4.62. The fourth-order valence-electron chi connectivity index (χ4n) is 1.55. The number of sulfonamides is 1. The van der Waals surface area contributed by atoms with Gasteiger partial charge in [0, 0.05) is 12.7 Å². The summed E-state index contributed by atoms with van der Waals surface area (Å²) >= 11 is 0. The molecule has 0 bridgehead atoms. The van der Waals surface area contributed by atoms with Gasteiger partial charge in [0.15, 0.2) is 0 Å². The highest BCUT2D eigenvalue weighted by atomic mass is 32.2. The molecule has 0 fully saturated rings. The van der Waals surface area contributed by atoms with Gasteiger partial charge in [0.25, 0.3) is 5.91 Å². The summed E-state index contributed by atoms with van der Waals surface area (Å²) in [5.41, 5.74) is 0.251. The number of primary sulfonamides is 1. The summed E-state index contributed by atoms with van der Waals surface area (Å²) < 4.78 is 27.4. The minimum absolute atomic E-state index is 0.0834. The van der Waals surface area contributed by atoms with Crippen LogP contribution in [0.4, 0.5) is 0 Å². The number of methoxy groups -OCH3 is 1. The molecule has 1 amide bonds. The molecule has 0 aliphatic carbocycles. The van der Waals surface area contributed by atoms with Crippen molar-refractivity contribution in [3.05, 3.63) is 29.8 Å². The van der Waals surface area contributed by atoms with E-state index in [-0.39, 0.29) is 22.4 Å². The SMILES string of the molecule is CCC(COC)NC(=O)c1cccc(S(N)(=O)=O)c1. The van der Waals surface area contributed by atoms with E-state index in [9.17, 15) is 13.2 Å². The lowest BCUT2D eigenvalue weighted by Crippen LogP contribution is -2.37. The second-order valence-electron chi connectivity index (χ2n) is 4.11. The molecule has 0 spiro atoms. The van der Waals surface area contributed by atoms with Crippen LogP contribution in [0.5, 0.6) is 0 Å². The minimum Gasteiger partial charge on any atom is -0.383 e. The van der Waals surface area contributed by atoms with Gasteiger partial charge in [0.1, 0.15) is 0 Å². The van der Waals surface area contributed by atoms with Gasteiger partial charge in [-0.05, 0) is 24.6 Å². The van der Waals surface area contributed by atoms with E-state index in [1.807, 2.05) is 6.92 Å². The summed E-state index contributed by atoms with van der Waals surface area (Å²) in [4.78, 5) is 11.9. The summed E-state index contributed by atoms with van der Waals surface area (Å²) in [6.07, 6.45) is 0.717. The van der Waals surface area contributed by atoms with E-state index in [0.717, 1.165) is 0 Å². The predicted octanol–water partition coefficient (Wildman–Crippen LogP) is 0.489. The molecule has 1 unspecified atom stereocenters. The number of amides is 1. The smallest absolute Gasteiger partial charge is 0.251 e. The molecular weight excluding hydrogens is 268 g/mol. The number of nitrogens with one attached hydrogen (secondary N) is 1. The normalized spacial score (nSPS) is 13.0. The molecule has 1 aromatic carbocycles. The molecule has 0 radical (unpaired) electrons. The molecule has 0 aromatic heterocycles. The van der Waals surface area contributed by atoms with Crippen molar-refractivity contribution in [1.29, 1.82) is 0 Å². The van der Waals surface area contributed by atoms with Gasteiger partial charge in [0.05, 0.1) is 17.5 Å². The van der Waals surface area contributed by atoms with Crippen LogP contribution in [0, 0.1) is 0 Å². The first kappa shape index (κ1) is 15.6. The zero-order valence-electron chi connectivity index (χ0n) is 10.9. The van der Waals surface area contributed by atoms with E-state index >= 15 is 0 Å². The van der Waals surface area contributed by atoms with Crippen LogP contribution in [-0.4, -0.2) is 34.1 Å². The van der Waals surface area contributed by atoms with Gasteiger partial charge in [-0.1, -0.05) is 13.0 Å². The second kappa shape index (κ2) is 6.65. The number of hydrogen-bond acceptors (Lipinski definition) is 4.